The lowest BCUT2D eigenvalue weighted by atomic mass is 10.2. The number of rotatable bonds is 4. The summed E-state index contributed by atoms with van der Waals surface area (Å²) < 4.78 is 5.09. The minimum Gasteiger partial charge on any atom is -0.495 e. The molecule has 1 aromatic rings. The number of nitrogens with one attached hydrogen (secondary N) is 2. The molecule has 0 radical (unpaired) electrons. The Hall–Kier alpha value is -2.30. The molecule has 1 aromatic carbocycles. The normalized spacial score (nSPS) is 9.29. The van der Waals surface area contributed by atoms with Crippen LogP contribution < -0.4 is 15.4 Å². The van der Waals surface area contributed by atoms with Gasteiger partial charge in [-0.05, 0) is 24.3 Å². The fourth-order valence-corrected chi connectivity index (χ4v) is 1.27. The molecule has 0 unspecified atom stereocenters. The number of ether oxygens (including phenoxy) is 1. The third-order valence-corrected chi connectivity index (χ3v) is 1.96. The highest BCUT2D eigenvalue weighted by Crippen LogP contribution is 2.27. The first-order valence-electron chi connectivity index (χ1n) is 4.96. The zero-order valence-electron chi connectivity index (χ0n) is 9.74. The Morgan fingerprint density at radius 1 is 1.35 bits per heavy atom. The van der Waals surface area contributed by atoms with Crippen LogP contribution in [0, 0.1) is 0 Å². The molecule has 0 atom stereocenters. The summed E-state index contributed by atoms with van der Waals surface area (Å²) in [7, 11) is 1.50. The van der Waals surface area contributed by atoms with Crippen molar-refractivity contribution in [2.75, 3.05) is 17.7 Å². The van der Waals surface area contributed by atoms with Gasteiger partial charge in [-0.15, -0.1) is 0 Å². The van der Waals surface area contributed by atoms with Crippen molar-refractivity contribution < 1.29 is 14.3 Å². The number of hydrogen-bond acceptors (Lipinski definition) is 3. The average Bonchev–Trinajstić information content (AvgIpc) is 2.28. The van der Waals surface area contributed by atoms with Crippen LogP contribution in [0.2, 0.25) is 0 Å². The molecule has 5 nitrogen and oxygen atoms in total. The quantitative estimate of drug-likeness (QED) is 0.780. The van der Waals surface area contributed by atoms with E-state index in [9.17, 15) is 9.59 Å². The summed E-state index contributed by atoms with van der Waals surface area (Å²) in [6.45, 7) is 4.77. The molecule has 0 aliphatic rings. The van der Waals surface area contributed by atoms with Gasteiger partial charge < -0.3 is 15.4 Å². The number of amides is 2. The van der Waals surface area contributed by atoms with Gasteiger partial charge in [0, 0.05) is 12.6 Å². The highest BCUT2D eigenvalue weighted by molar-refractivity contribution is 6.00. The van der Waals surface area contributed by atoms with Crippen molar-refractivity contribution in [2.45, 2.75) is 6.92 Å². The Bertz CT molecular complexity index is 455. The number of anilines is 2. The second kappa shape index (κ2) is 5.69. The van der Waals surface area contributed by atoms with E-state index in [1.54, 1.807) is 18.2 Å². The van der Waals surface area contributed by atoms with Gasteiger partial charge >= 0.3 is 0 Å². The number of hydrogen-bond donors (Lipinski definition) is 2. The van der Waals surface area contributed by atoms with Gasteiger partial charge in [-0.2, -0.15) is 0 Å². The SMILES string of the molecule is C=CC(=O)Nc1cc(NC(C)=O)ccc1OC. The van der Waals surface area contributed by atoms with Crippen LogP contribution in [0.4, 0.5) is 11.4 Å². The minimum atomic E-state index is -0.344. The molecule has 0 fully saturated rings. The van der Waals surface area contributed by atoms with E-state index in [4.69, 9.17) is 4.74 Å². The Labute approximate surface area is 99.5 Å². The summed E-state index contributed by atoms with van der Waals surface area (Å²) in [5.74, 6) is -0.0197. The van der Waals surface area contributed by atoms with Crippen LogP contribution in [0.1, 0.15) is 6.92 Å². The summed E-state index contributed by atoms with van der Waals surface area (Å²) in [6.07, 6.45) is 1.16. The van der Waals surface area contributed by atoms with Crippen molar-refractivity contribution >= 4 is 23.2 Å². The van der Waals surface area contributed by atoms with E-state index in [-0.39, 0.29) is 11.8 Å². The van der Waals surface area contributed by atoms with Gasteiger partial charge in [0.25, 0.3) is 0 Å². The van der Waals surface area contributed by atoms with Crippen LogP contribution >= 0.6 is 0 Å². The second-order valence-corrected chi connectivity index (χ2v) is 3.29. The first-order chi connectivity index (χ1) is 8.06. The summed E-state index contributed by atoms with van der Waals surface area (Å²) in [5, 5.41) is 5.21. The van der Waals surface area contributed by atoms with Gasteiger partial charge in [-0.25, -0.2) is 0 Å². The molecule has 1 rings (SSSR count). The van der Waals surface area contributed by atoms with E-state index < -0.39 is 0 Å². The van der Waals surface area contributed by atoms with Gasteiger partial charge in [-0.1, -0.05) is 6.58 Å². The zero-order valence-corrected chi connectivity index (χ0v) is 9.74. The van der Waals surface area contributed by atoms with Crippen LogP contribution in [0.3, 0.4) is 0 Å². The van der Waals surface area contributed by atoms with E-state index >= 15 is 0 Å². The summed E-state index contributed by atoms with van der Waals surface area (Å²) in [4.78, 5) is 22.1. The maximum atomic E-state index is 11.2. The molecule has 0 bridgehead atoms. The lowest BCUT2D eigenvalue weighted by Crippen LogP contribution is -2.10. The maximum absolute atomic E-state index is 11.2. The molecule has 0 aromatic heterocycles. The van der Waals surface area contributed by atoms with Crippen molar-refractivity contribution in [3.63, 3.8) is 0 Å². The van der Waals surface area contributed by atoms with Crippen molar-refractivity contribution in [1.29, 1.82) is 0 Å². The molecule has 0 saturated heterocycles. The van der Waals surface area contributed by atoms with E-state index in [0.29, 0.717) is 17.1 Å². The van der Waals surface area contributed by atoms with E-state index in [2.05, 4.69) is 17.2 Å². The molecular formula is C12H14N2O3. The average molecular weight is 234 g/mol. The smallest absolute Gasteiger partial charge is 0.247 e. The predicted molar refractivity (Wildman–Crippen MR) is 66.1 cm³/mol. The molecule has 5 heteroatoms. The molecular weight excluding hydrogens is 220 g/mol. The monoisotopic (exact) mass is 234 g/mol. The third kappa shape index (κ3) is 3.64. The van der Waals surface area contributed by atoms with Gasteiger partial charge in [-0.3, -0.25) is 9.59 Å². The topological polar surface area (TPSA) is 67.4 Å². The summed E-state index contributed by atoms with van der Waals surface area (Å²) in [6, 6.07) is 4.95. The van der Waals surface area contributed by atoms with Crippen molar-refractivity contribution in [2.24, 2.45) is 0 Å². The first-order valence-corrected chi connectivity index (χ1v) is 4.96. The fraction of sp³-hybridized carbons (Fsp3) is 0.167. The Morgan fingerprint density at radius 3 is 2.59 bits per heavy atom. The van der Waals surface area contributed by atoms with Crippen LogP contribution in [0.25, 0.3) is 0 Å². The van der Waals surface area contributed by atoms with Crippen molar-refractivity contribution in [1.82, 2.24) is 0 Å². The van der Waals surface area contributed by atoms with E-state index in [1.807, 2.05) is 0 Å². The number of carbonyl (C=O) groups is 2. The summed E-state index contributed by atoms with van der Waals surface area (Å²) >= 11 is 0. The van der Waals surface area contributed by atoms with Crippen molar-refractivity contribution in [3.05, 3.63) is 30.9 Å². The molecule has 0 aliphatic carbocycles. The highest BCUT2D eigenvalue weighted by Gasteiger charge is 2.07. The van der Waals surface area contributed by atoms with E-state index in [0.717, 1.165) is 6.08 Å². The zero-order chi connectivity index (χ0) is 12.8. The highest BCUT2D eigenvalue weighted by atomic mass is 16.5. The standard InChI is InChI=1S/C12H14N2O3/c1-4-12(16)14-10-7-9(13-8(2)15)5-6-11(10)17-3/h4-7H,1H2,2-3H3,(H,13,15)(H,14,16). The van der Waals surface area contributed by atoms with Crippen LogP contribution in [0.5, 0.6) is 5.75 Å². The fourth-order valence-electron chi connectivity index (χ4n) is 1.27. The third-order valence-electron chi connectivity index (χ3n) is 1.96. The number of benzene rings is 1. The lowest BCUT2D eigenvalue weighted by Gasteiger charge is -2.11. The predicted octanol–water partition coefficient (Wildman–Crippen LogP) is 1.78. The Kier molecular flexibility index (Phi) is 4.28. The maximum Gasteiger partial charge on any atom is 0.247 e. The molecule has 0 heterocycles. The van der Waals surface area contributed by atoms with Gasteiger partial charge in [0.1, 0.15) is 5.75 Å². The first kappa shape index (κ1) is 12.8. The van der Waals surface area contributed by atoms with Gasteiger partial charge in [0.2, 0.25) is 11.8 Å². The molecule has 90 valence electrons. The van der Waals surface area contributed by atoms with Gasteiger partial charge in [0.15, 0.2) is 0 Å². The number of methoxy groups -OCH3 is 1. The van der Waals surface area contributed by atoms with Crippen LogP contribution in [0.15, 0.2) is 30.9 Å². The molecule has 0 saturated carbocycles. The van der Waals surface area contributed by atoms with Crippen LogP contribution in [-0.4, -0.2) is 18.9 Å². The Balaban J connectivity index is 3.01. The molecule has 2 N–H and O–H groups in total. The largest absolute Gasteiger partial charge is 0.495 e. The summed E-state index contributed by atoms with van der Waals surface area (Å²) in [5.41, 5.74) is 1.06. The number of carbonyl (C=O) groups excluding carboxylic acids is 2. The Morgan fingerprint density at radius 2 is 2.06 bits per heavy atom. The minimum absolute atomic E-state index is 0.184. The van der Waals surface area contributed by atoms with Crippen molar-refractivity contribution in [3.8, 4) is 5.75 Å². The molecule has 17 heavy (non-hydrogen) atoms. The lowest BCUT2D eigenvalue weighted by molar-refractivity contribution is -0.114. The molecule has 2 amide bonds. The molecule has 0 spiro atoms. The molecule has 0 aliphatic heterocycles. The van der Waals surface area contributed by atoms with Gasteiger partial charge in [0.05, 0.1) is 12.8 Å². The van der Waals surface area contributed by atoms with E-state index in [1.165, 1.54) is 14.0 Å². The van der Waals surface area contributed by atoms with Crippen LogP contribution in [-0.2, 0) is 9.59 Å². The second-order valence-electron chi connectivity index (χ2n) is 3.29.